The summed E-state index contributed by atoms with van der Waals surface area (Å²) in [5.41, 5.74) is 2.15. The number of hydrogen-bond donors (Lipinski definition) is 0. The highest BCUT2D eigenvalue weighted by atomic mass is 14.7. The van der Waals surface area contributed by atoms with Gasteiger partial charge in [0.1, 0.15) is 0 Å². The first-order valence-corrected chi connectivity index (χ1v) is 7.41. The molecule has 22 heavy (non-hydrogen) atoms. The van der Waals surface area contributed by atoms with Gasteiger partial charge in [0.15, 0.2) is 0 Å². The van der Waals surface area contributed by atoms with Gasteiger partial charge in [0.25, 0.3) is 0 Å². The number of fused-ring (bicyclic) bond motifs is 2. The second-order valence-electron chi connectivity index (χ2n) is 5.32. The number of benzene rings is 4. The molecule has 0 bridgehead atoms. The van der Waals surface area contributed by atoms with Gasteiger partial charge >= 0.3 is 0 Å². The maximum atomic E-state index is 4.73. The summed E-state index contributed by atoms with van der Waals surface area (Å²) in [7, 11) is 0. The van der Waals surface area contributed by atoms with Crippen molar-refractivity contribution in [1.29, 1.82) is 0 Å². The fourth-order valence-corrected chi connectivity index (χ4v) is 2.82. The molecule has 0 atom stereocenters. The van der Waals surface area contributed by atoms with E-state index in [4.69, 9.17) is 4.99 Å². The Morgan fingerprint density at radius 2 is 1.14 bits per heavy atom. The van der Waals surface area contributed by atoms with Gasteiger partial charge in [-0.05, 0) is 22.2 Å². The van der Waals surface area contributed by atoms with Crippen LogP contribution in [0.15, 0.2) is 89.9 Å². The van der Waals surface area contributed by atoms with E-state index < -0.39 is 0 Å². The fourth-order valence-electron chi connectivity index (χ4n) is 2.82. The van der Waals surface area contributed by atoms with Crippen molar-refractivity contribution in [3.63, 3.8) is 0 Å². The van der Waals surface area contributed by atoms with Gasteiger partial charge in [-0.3, -0.25) is 4.99 Å². The molecule has 0 N–H and O–H groups in total. The van der Waals surface area contributed by atoms with Crippen molar-refractivity contribution >= 4 is 33.4 Å². The molecule has 104 valence electrons. The number of nitrogens with zero attached hydrogens (tertiary/aromatic N) is 1. The standard InChI is InChI=1S/C21H15N/c1-3-12-19-16(7-1)9-5-11-18(19)15-22-21-14-6-10-17-8-2-4-13-20(17)21/h1-15H. The third-order valence-corrected chi connectivity index (χ3v) is 3.93. The van der Waals surface area contributed by atoms with Crippen LogP contribution in [0.4, 0.5) is 5.69 Å². The molecular weight excluding hydrogens is 266 g/mol. The van der Waals surface area contributed by atoms with Gasteiger partial charge in [-0.25, -0.2) is 0 Å². The van der Waals surface area contributed by atoms with Gasteiger partial charge in [0, 0.05) is 17.2 Å². The van der Waals surface area contributed by atoms with Crippen LogP contribution in [-0.4, -0.2) is 6.21 Å². The van der Waals surface area contributed by atoms with E-state index in [1.807, 2.05) is 6.21 Å². The summed E-state index contributed by atoms with van der Waals surface area (Å²) < 4.78 is 0. The van der Waals surface area contributed by atoms with Gasteiger partial charge in [-0.2, -0.15) is 0 Å². The monoisotopic (exact) mass is 281 g/mol. The molecule has 0 fully saturated rings. The fraction of sp³-hybridized carbons (Fsp3) is 0. The summed E-state index contributed by atoms with van der Waals surface area (Å²) >= 11 is 0. The quantitative estimate of drug-likeness (QED) is 0.415. The first-order valence-electron chi connectivity index (χ1n) is 7.41. The van der Waals surface area contributed by atoms with Crippen LogP contribution in [0.5, 0.6) is 0 Å². The van der Waals surface area contributed by atoms with Crippen molar-refractivity contribution in [2.45, 2.75) is 0 Å². The van der Waals surface area contributed by atoms with E-state index in [2.05, 4.69) is 84.9 Å². The second kappa shape index (κ2) is 5.45. The molecule has 4 aromatic rings. The van der Waals surface area contributed by atoms with Crippen LogP contribution in [0, 0.1) is 0 Å². The van der Waals surface area contributed by atoms with E-state index >= 15 is 0 Å². The molecule has 0 unspecified atom stereocenters. The van der Waals surface area contributed by atoms with Crippen molar-refractivity contribution in [1.82, 2.24) is 0 Å². The van der Waals surface area contributed by atoms with E-state index in [-0.39, 0.29) is 0 Å². The smallest absolute Gasteiger partial charge is 0.0708 e. The lowest BCUT2D eigenvalue weighted by Gasteiger charge is -2.03. The average molecular weight is 281 g/mol. The Bertz CT molecular complexity index is 891. The van der Waals surface area contributed by atoms with E-state index in [0.717, 1.165) is 11.3 Å². The molecule has 1 heteroatoms. The molecule has 0 saturated heterocycles. The largest absolute Gasteiger partial charge is 0.256 e. The molecule has 1 nitrogen and oxygen atoms in total. The Balaban J connectivity index is 1.83. The predicted molar refractivity (Wildman–Crippen MR) is 95.2 cm³/mol. The van der Waals surface area contributed by atoms with Crippen LogP contribution in [0.1, 0.15) is 5.56 Å². The SMILES string of the molecule is C(=Nc1cccc2ccccc12)c1cccc2ccccc12. The van der Waals surface area contributed by atoms with E-state index in [9.17, 15) is 0 Å². The highest BCUT2D eigenvalue weighted by molar-refractivity contribution is 6.02. The van der Waals surface area contributed by atoms with Crippen molar-refractivity contribution in [3.05, 3.63) is 90.5 Å². The normalized spacial score (nSPS) is 11.5. The van der Waals surface area contributed by atoms with Crippen LogP contribution >= 0.6 is 0 Å². The molecule has 4 aromatic carbocycles. The molecule has 4 rings (SSSR count). The van der Waals surface area contributed by atoms with Gasteiger partial charge in [-0.1, -0.05) is 78.9 Å². The van der Waals surface area contributed by atoms with Gasteiger partial charge in [0.05, 0.1) is 5.69 Å². The summed E-state index contributed by atoms with van der Waals surface area (Å²) in [4.78, 5) is 4.73. The zero-order chi connectivity index (χ0) is 14.8. The van der Waals surface area contributed by atoms with Gasteiger partial charge in [-0.15, -0.1) is 0 Å². The maximum Gasteiger partial charge on any atom is 0.0708 e. The Hall–Kier alpha value is -2.93. The van der Waals surface area contributed by atoms with Crippen LogP contribution < -0.4 is 0 Å². The first-order chi connectivity index (χ1) is 10.9. The number of rotatable bonds is 2. The maximum absolute atomic E-state index is 4.73. The molecule has 0 aromatic heterocycles. The molecule has 0 spiro atoms. The Labute approximate surface area is 129 Å². The topological polar surface area (TPSA) is 12.4 Å². The van der Waals surface area contributed by atoms with Gasteiger partial charge in [0.2, 0.25) is 0 Å². The Morgan fingerprint density at radius 3 is 1.95 bits per heavy atom. The molecule has 0 amide bonds. The summed E-state index contributed by atoms with van der Waals surface area (Å²) in [5.74, 6) is 0. The summed E-state index contributed by atoms with van der Waals surface area (Å²) in [6.07, 6.45) is 1.96. The summed E-state index contributed by atoms with van der Waals surface area (Å²) in [6, 6.07) is 29.3. The predicted octanol–water partition coefficient (Wildman–Crippen LogP) is 5.74. The Morgan fingerprint density at radius 1 is 0.545 bits per heavy atom. The van der Waals surface area contributed by atoms with Crippen molar-refractivity contribution in [3.8, 4) is 0 Å². The van der Waals surface area contributed by atoms with Crippen LogP contribution in [0.2, 0.25) is 0 Å². The second-order valence-corrected chi connectivity index (χ2v) is 5.32. The number of aliphatic imine (C=N–C) groups is 1. The molecular formula is C21H15N. The lowest BCUT2D eigenvalue weighted by molar-refractivity contribution is 1.57. The van der Waals surface area contributed by atoms with E-state index in [0.29, 0.717) is 0 Å². The molecule has 0 saturated carbocycles. The molecule has 0 aliphatic heterocycles. The number of hydrogen-bond acceptors (Lipinski definition) is 1. The van der Waals surface area contributed by atoms with Crippen molar-refractivity contribution in [2.75, 3.05) is 0 Å². The Kier molecular flexibility index (Phi) is 3.17. The van der Waals surface area contributed by atoms with Crippen LogP contribution in [0.25, 0.3) is 21.5 Å². The third-order valence-electron chi connectivity index (χ3n) is 3.93. The van der Waals surface area contributed by atoms with Crippen molar-refractivity contribution in [2.24, 2.45) is 4.99 Å². The zero-order valence-electron chi connectivity index (χ0n) is 12.1. The van der Waals surface area contributed by atoms with Gasteiger partial charge < -0.3 is 0 Å². The minimum Gasteiger partial charge on any atom is -0.256 e. The van der Waals surface area contributed by atoms with E-state index in [1.165, 1.54) is 21.5 Å². The van der Waals surface area contributed by atoms with Crippen LogP contribution in [0.3, 0.4) is 0 Å². The first kappa shape index (κ1) is 12.8. The molecule has 0 aliphatic carbocycles. The lowest BCUT2D eigenvalue weighted by Crippen LogP contribution is -1.84. The van der Waals surface area contributed by atoms with Crippen molar-refractivity contribution < 1.29 is 0 Å². The third kappa shape index (κ3) is 2.27. The molecule has 0 heterocycles. The lowest BCUT2D eigenvalue weighted by atomic mass is 10.1. The zero-order valence-corrected chi connectivity index (χ0v) is 12.1. The van der Waals surface area contributed by atoms with E-state index in [1.54, 1.807) is 0 Å². The molecule has 0 aliphatic rings. The minimum absolute atomic E-state index is 1.01. The minimum atomic E-state index is 1.01. The average Bonchev–Trinajstić information content (AvgIpc) is 2.60. The molecule has 0 radical (unpaired) electrons. The summed E-state index contributed by atoms with van der Waals surface area (Å²) in [6.45, 7) is 0. The highest BCUT2D eigenvalue weighted by Crippen LogP contribution is 2.26. The summed E-state index contributed by atoms with van der Waals surface area (Å²) in [5, 5.41) is 4.87. The van der Waals surface area contributed by atoms with Crippen LogP contribution in [-0.2, 0) is 0 Å². The highest BCUT2D eigenvalue weighted by Gasteiger charge is 1.99.